The number of nitro groups is 1. The van der Waals surface area contributed by atoms with Gasteiger partial charge in [0.25, 0.3) is 5.69 Å². The van der Waals surface area contributed by atoms with E-state index in [2.05, 4.69) is 12.1 Å². The van der Waals surface area contributed by atoms with Gasteiger partial charge in [-0.3, -0.25) is 10.1 Å². The van der Waals surface area contributed by atoms with Crippen molar-refractivity contribution in [2.24, 2.45) is 0 Å². The van der Waals surface area contributed by atoms with E-state index >= 15 is 0 Å². The third kappa shape index (κ3) is 3.98. The number of benzene rings is 2. The summed E-state index contributed by atoms with van der Waals surface area (Å²) in [5.41, 5.74) is 1.30. The summed E-state index contributed by atoms with van der Waals surface area (Å²) in [6.45, 7) is 0. The lowest BCUT2D eigenvalue weighted by atomic mass is 10.2. The second-order valence-corrected chi connectivity index (χ2v) is 5.50. The molecule has 2 rings (SSSR count). The van der Waals surface area contributed by atoms with Gasteiger partial charge in [0.1, 0.15) is 0 Å². The lowest BCUT2D eigenvalue weighted by molar-refractivity contribution is -0.384. The molecule has 19 heavy (non-hydrogen) atoms. The molecule has 0 heterocycles. The number of aryl methyl sites for hydroxylation is 1. The minimum absolute atomic E-state index is 0.0254. The standard InChI is InChI=1S/C14H12ClNO2S/c15-13-10-12(16(17)18)6-7-14(13)19-9-8-11-4-2-1-3-5-11/h1-7,10H,8-9H2. The van der Waals surface area contributed by atoms with Crippen LogP contribution in [-0.2, 0) is 6.42 Å². The Balaban J connectivity index is 1.95. The minimum Gasteiger partial charge on any atom is -0.258 e. The van der Waals surface area contributed by atoms with Crippen molar-refractivity contribution in [2.45, 2.75) is 11.3 Å². The van der Waals surface area contributed by atoms with Crippen molar-refractivity contribution in [3.8, 4) is 0 Å². The van der Waals surface area contributed by atoms with Gasteiger partial charge in [0.05, 0.1) is 9.95 Å². The zero-order valence-corrected chi connectivity index (χ0v) is 11.7. The molecule has 0 aliphatic heterocycles. The van der Waals surface area contributed by atoms with Crippen LogP contribution in [-0.4, -0.2) is 10.7 Å². The highest BCUT2D eigenvalue weighted by Crippen LogP contribution is 2.30. The summed E-state index contributed by atoms with van der Waals surface area (Å²) in [6, 6.07) is 14.8. The summed E-state index contributed by atoms with van der Waals surface area (Å²) in [4.78, 5) is 11.0. The van der Waals surface area contributed by atoms with Crippen LogP contribution in [0.15, 0.2) is 53.4 Å². The molecule has 0 atom stereocenters. The summed E-state index contributed by atoms with van der Waals surface area (Å²) >= 11 is 7.64. The fraction of sp³-hybridized carbons (Fsp3) is 0.143. The first-order chi connectivity index (χ1) is 9.16. The van der Waals surface area contributed by atoms with E-state index in [4.69, 9.17) is 11.6 Å². The normalized spacial score (nSPS) is 10.4. The Morgan fingerprint density at radius 2 is 1.89 bits per heavy atom. The molecule has 0 saturated heterocycles. The molecule has 0 fully saturated rings. The molecule has 0 unspecified atom stereocenters. The fourth-order valence-electron chi connectivity index (χ4n) is 1.64. The lowest BCUT2D eigenvalue weighted by Crippen LogP contribution is -1.90. The van der Waals surface area contributed by atoms with Crippen LogP contribution in [0, 0.1) is 10.1 Å². The molecule has 0 saturated carbocycles. The van der Waals surface area contributed by atoms with Gasteiger partial charge in [-0.15, -0.1) is 11.8 Å². The molecule has 0 aliphatic carbocycles. The zero-order valence-electron chi connectivity index (χ0n) is 10.1. The van der Waals surface area contributed by atoms with Crippen LogP contribution in [0.2, 0.25) is 5.02 Å². The number of rotatable bonds is 5. The van der Waals surface area contributed by atoms with Gasteiger partial charge < -0.3 is 0 Å². The maximum absolute atomic E-state index is 10.6. The average molecular weight is 294 g/mol. The van der Waals surface area contributed by atoms with Crippen molar-refractivity contribution in [3.05, 3.63) is 69.2 Å². The molecule has 2 aromatic carbocycles. The van der Waals surface area contributed by atoms with Gasteiger partial charge in [0.15, 0.2) is 0 Å². The fourth-order valence-corrected chi connectivity index (χ4v) is 2.90. The van der Waals surface area contributed by atoms with Crippen molar-refractivity contribution in [2.75, 3.05) is 5.75 Å². The zero-order chi connectivity index (χ0) is 13.7. The van der Waals surface area contributed by atoms with Gasteiger partial charge >= 0.3 is 0 Å². The molecule has 2 aromatic rings. The van der Waals surface area contributed by atoms with Crippen LogP contribution in [0.5, 0.6) is 0 Å². The second kappa shape index (κ2) is 6.59. The molecule has 98 valence electrons. The van der Waals surface area contributed by atoms with Crippen molar-refractivity contribution in [1.29, 1.82) is 0 Å². The predicted molar refractivity (Wildman–Crippen MR) is 79.0 cm³/mol. The van der Waals surface area contributed by atoms with E-state index in [1.807, 2.05) is 18.2 Å². The first kappa shape index (κ1) is 13.9. The number of hydrogen-bond acceptors (Lipinski definition) is 3. The third-order valence-electron chi connectivity index (χ3n) is 2.62. The molecule has 0 N–H and O–H groups in total. The Bertz CT molecular complexity index is 575. The highest BCUT2D eigenvalue weighted by atomic mass is 35.5. The van der Waals surface area contributed by atoms with E-state index in [9.17, 15) is 10.1 Å². The van der Waals surface area contributed by atoms with Crippen LogP contribution in [0.4, 0.5) is 5.69 Å². The van der Waals surface area contributed by atoms with Crippen LogP contribution < -0.4 is 0 Å². The number of nitrogens with zero attached hydrogens (tertiary/aromatic N) is 1. The summed E-state index contributed by atoms with van der Waals surface area (Å²) < 4.78 is 0. The highest BCUT2D eigenvalue weighted by molar-refractivity contribution is 7.99. The summed E-state index contributed by atoms with van der Waals surface area (Å²) in [5, 5.41) is 11.0. The summed E-state index contributed by atoms with van der Waals surface area (Å²) in [6.07, 6.45) is 0.943. The lowest BCUT2D eigenvalue weighted by Gasteiger charge is -2.04. The second-order valence-electron chi connectivity index (χ2n) is 3.96. The predicted octanol–water partition coefficient (Wildman–Crippen LogP) is 4.58. The number of non-ortho nitro benzene ring substituents is 1. The molecule has 0 radical (unpaired) electrons. The molecule has 0 aromatic heterocycles. The summed E-state index contributed by atoms with van der Waals surface area (Å²) in [7, 11) is 0. The van der Waals surface area contributed by atoms with Gasteiger partial charge in [-0.05, 0) is 18.1 Å². The molecule has 0 amide bonds. The van der Waals surface area contributed by atoms with Crippen LogP contribution in [0.1, 0.15) is 5.56 Å². The Hall–Kier alpha value is -1.52. The van der Waals surface area contributed by atoms with Gasteiger partial charge in [-0.2, -0.15) is 0 Å². The average Bonchev–Trinajstić information content (AvgIpc) is 2.41. The van der Waals surface area contributed by atoms with E-state index in [0.717, 1.165) is 17.1 Å². The van der Waals surface area contributed by atoms with E-state index in [0.29, 0.717) is 5.02 Å². The van der Waals surface area contributed by atoms with E-state index < -0.39 is 4.92 Å². The maximum atomic E-state index is 10.6. The molecule has 0 bridgehead atoms. The first-order valence-corrected chi connectivity index (χ1v) is 7.14. The Labute approximate surface area is 120 Å². The van der Waals surface area contributed by atoms with Crippen molar-refractivity contribution >= 4 is 29.1 Å². The molecule has 0 aliphatic rings. The van der Waals surface area contributed by atoms with Crippen LogP contribution in [0.3, 0.4) is 0 Å². The molecule has 0 spiro atoms. The Morgan fingerprint density at radius 3 is 2.53 bits per heavy atom. The molecular formula is C14H12ClNO2S. The number of hydrogen-bond donors (Lipinski definition) is 0. The number of thioether (sulfide) groups is 1. The minimum atomic E-state index is -0.440. The maximum Gasteiger partial charge on any atom is 0.270 e. The number of halogens is 1. The van der Waals surface area contributed by atoms with Gasteiger partial charge in [0, 0.05) is 22.8 Å². The monoisotopic (exact) mass is 293 g/mol. The summed E-state index contributed by atoms with van der Waals surface area (Å²) in [5.74, 6) is 0.890. The Morgan fingerprint density at radius 1 is 1.16 bits per heavy atom. The SMILES string of the molecule is O=[N+]([O-])c1ccc(SCCc2ccccc2)c(Cl)c1. The topological polar surface area (TPSA) is 43.1 Å². The van der Waals surface area contributed by atoms with E-state index in [1.54, 1.807) is 17.8 Å². The molecule has 3 nitrogen and oxygen atoms in total. The van der Waals surface area contributed by atoms with Crippen molar-refractivity contribution < 1.29 is 4.92 Å². The Kier molecular flexibility index (Phi) is 4.82. The highest BCUT2D eigenvalue weighted by Gasteiger charge is 2.09. The van der Waals surface area contributed by atoms with Crippen LogP contribution in [0.25, 0.3) is 0 Å². The molecule has 5 heteroatoms. The molecular weight excluding hydrogens is 282 g/mol. The van der Waals surface area contributed by atoms with E-state index in [-0.39, 0.29) is 5.69 Å². The smallest absolute Gasteiger partial charge is 0.258 e. The van der Waals surface area contributed by atoms with Gasteiger partial charge in [0.2, 0.25) is 0 Å². The quantitative estimate of drug-likeness (QED) is 0.460. The first-order valence-electron chi connectivity index (χ1n) is 5.77. The van der Waals surface area contributed by atoms with Crippen LogP contribution >= 0.6 is 23.4 Å². The van der Waals surface area contributed by atoms with Gasteiger partial charge in [-0.25, -0.2) is 0 Å². The van der Waals surface area contributed by atoms with Crippen molar-refractivity contribution in [1.82, 2.24) is 0 Å². The third-order valence-corrected chi connectivity index (χ3v) is 4.12. The van der Waals surface area contributed by atoms with E-state index in [1.165, 1.54) is 17.7 Å². The number of nitro benzene ring substituents is 1. The van der Waals surface area contributed by atoms with Crippen molar-refractivity contribution in [3.63, 3.8) is 0 Å². The largest absolute Gasteiger partial charge is 0.270 e. The van der Waals surface area contributed by atoms with Gasteiger partial charge in [-0.1, -0.05) is 41.9 Å².